The normalized spacial score (nSPS) is 11.2. The lowest BCUT2D eigenvalue weighted by Gasteiger charge is -2.24. The van der Waals surface area contributed by atoms with Gasteiger partial charge in [-0.15, -0.1) is 43.5 Å². The number of benzene rings is 4. The minimum absolute atomic E-state index is 0.322. The lowest BCUT2D eigenvalue weighted by atomic mass is 10.2. The fourth-order valence-electron chi connectivity index (χ4n) is 3.42. The minimum atomic E-state index is -4.76. The van der Waals surface area contributed by atoms with Gasteiger partial charge in [0, 0.05) is 15.4 Å². The van der Waals surface area contributed by atoms with Crippen LogP contribution in [-0.2, 0) is 0 Å². The molecular weight excluding hydrogens is 549 g/mol. The summed E-state index contributed by atoms with van der Waals surface area (Å²) in [5.41, 5.74) is 1.77. The molecule has 0 bridgehead atoms. The van der Waals surface area contributed by atoms with Gasteiger partial charge in [-0.2, -0.15) is 0 Å². The Morgan fingerprint density at radius 1 is 0.718 bits per heavy atom. The van der Waals surface area contributed by atoms with Gasteiger partial charge in [0.05, 0.1) is 5.69 Å². The van der Waals surface area contributed by atoms with E-state index in [-0.39, 0.29) is 5.75 Å². The molecule has 0 radical (unpaired) electrons. The van der Waals surface area contributed by atoms with Gasteiger partial charge < -0.3 is 14.4 Å². The Kier molecular flexibility index (Phi) is 7.57. The fraction of sp³-hybridized carbons (Fsp3) is 0.0370. The van der Waals surface area contributed by atoms with Crippen molar-refractivity contribution in [1.82, 2.24) is 14.8 Å². The van der Waals surface area contributed by atoms with Gasteiger partial charge >= 0.3 is 6.36 Å². The van der Waals surface area contributed by atoms with Crippen LogP contribution in [0.25, 0.3) is 17.1 Å². The summed E-state index contributed by atoms with van der Waals surface area (Å²) < 4.78 is 42.6. The highest BCUT2D eigenvalue weighted by Gasteiger charge is 2.31. The molecule has 39 heavy (non-hydrogen) atoms. The van der Waals surface area contributed by atoms with Crippen molar-refractivity contribution < 1.29 is 27.6 Å². The van der Waals surface area contributed by atoms with E-state index in [1.54, 1.807) is 48.5 Å². The van der Waals surface area contributed by atoms with Crippen LogP contribution in [0.4, 0.5) is 18.9 Å². The molecule has 0 aliphatic carbocycles. The second-order valence-corrected chi connectivity index (χ2v) is 8.94. The number of hydrogen-bond donors (Lipinski definition) is 2. The number of anilines is 1. The first-order valence-electron chi connectivity index (χ1n) is 11.4. The van der Waals surface area contributed by atoms with E-state index in [0.717, 1.165) is 0 Å². The number of ether oxygens (including phenoxy) is 1. The second-order valence-electron chi connectivity index (χ2n) is 7.98. The molecule has 0 atom stereocenters. The molecule has 0 fully saturated rings. The monoisotopic (exact) mass is 568 g/mol. The van der Waals surface area contributed by atoms with Crippen molar-refractivity contribution in [2.24, 2.45) is 0 Å². The molecule has 0 aliphatic rings. The lowest BCUT2D eigenvalue weighted by Crippen LogP contribution is -2.31. The third-order valence-electron chi connectivity index (χ3n) is 5.26. The van der Waals surface area contributed by atoms with Crippen LogP contribution >= 0.6 is 25.3 Å². The molecule has 0 unspecified atom stereocenters. The maximum atomic E-state index is 12.4. The highest BCUT2D eigenvalue weighted by Crippen LogP contribution is 2.30. The Morgan fingerprint density at radius 3 is 1.82 bits per heavy atom. The molecule has 4 aromatic carbocycles. The van der Waals surface area contributed by atoms with Crippen LogP contribution in [0.3, 0.4) is 0 Å². The van der Waals surface area contributed by atoms with Crippen molar-refractivity contribution in [1.29, 1.82) is 0 Å². The number of hydrogen-bond acceptors (Lipinski definition) is 8. The molecule has 5 rings (SSSR count). The van der Waals surface area contributed by atoms with Crippen molar-refractivity contribution in [2.45, 2.75) is 16.2 Å². The number of halogens is 3. The summed E-state index contributed by atoms with van der Waals surface area (Å²) in [7, 11) is 0. The van der Waals surface area contributed by atoms with Crippen LogP contribution in [-0.4, -0.2) is 21.1 Å². The molecule has 0 amide bonds. The fourth-order valence-corrected chi connectivity index (χ4v) is 3.83. The van der Waals surface area contributed by atoms with E-state index in [4.69, 9.17) is 9.68 Å². The van der Waals surface area contributed by atoms with E-state index in [9.17, 15) is 13.2 Å². The topological polar surface area (TPSA) is 61.6 Å². The van der Waals surface area contributed by atoms with E-state index >= 15 is 0 Å². The number of nitrogens with zero attached hydrogens (tertiary/aromatic N) is 4. The zero-order valence-electron chi connectivity index (χ0n) is 19.9. The van der Waals surface area contributed by atoms with Gasteiger partial charge in [-0.1, -0.05) is 24.3 Å². The highest BCUT2D eigenvalue weighted by molar-refractivity contribution is 7.80. The Hall–Kier alpha value is -4.29. The van der Waals surface area contributed by atoms with Gasteiger partial charge in [0.15, 0.2) is 17.3 Å². The summed E-state index contributed by atoms with van der Waals surface area (Å²) >= 11 is 8.91. The SMILES string of the molecule is FC(F)(F)Oc1ccc(-n2cnc(-c3ccc(N(Oc4ccccc4S)Oc4ccccc4S)cc3)n2)cc1. The Bertz CT molecular complexity index is 1510. The first kappa shape index (κ1) is 26.3. The van der Waals surface area contributed by atoms with Crippen molar-refractivity contribution in [3.05, 3.63) is 103 Å². The predicted molar refractivity (Wildman–Crippen MR) is 145 cm³/mol. The summed E-state index contributed by atoms with van der Waals surface area (Å²) in [4.78, 5) is 17.6. The average molecular weight is 569 g/mol. The lowest BCUT2D eigenvalue weighted by molar-refractivity contribution is -0.274. The summed E-state index contributed by atoms with van der Waals surface area (Å²) in [5.74, 6) is 1.05. The zero-order valence-corrected chi connectivity index (χ0v) is 21.6. The first-order valence-corrected chi connectivity index (χ1v) is 12.2. The summed E-state index contributed by atoms with van der Waals surface area (Å²) in [6, 6.07) is 26.9. The molecule has 0 saturated heterocycles. The van der Waals surface area contributed by atoms with Crippen molar-refractivity contribution in [3.8, 4) is 34.3 Å². The standard InChI is InChI=1S/C27H19F3N4O3S2/c28-27(29,30)35-21-15-13-19(14-16-21)33-17-31-26(32-33)18-9-11-20(12-10-18)34(36-22-5-1-3-7-24(22)38)37-23-6-2-4-8-25(23)39/h1-17,38-39H. The molecule has 198 valence electrons. The third-order valence-corrected chi connectivity index (χ3v) is 5.99. The number of thiol groups is 2. The Labute approximate surface area is 232 Å². The van der Waals surface area contributed by atoms with E-state index in [2.05, 4.69) is 40.1 Å². The van der Waals surface area contributed by atoms with Crippen molar-refractivity contribution >= 4 is 30.9 Å². The molecule has 1 heterocycles. The van der Waals surface area contributed by atoms with Crippen LogP contribution in [0.2, 0.25) is 0 Å². The quantitative estimate of drug-likeness (QED) is 0.152. The summed E-state index contributed by atoms with van der Waals surface area (Å²) in [5, 5.41) is 5.69. The van der Waals surface area contributed by atoms with Crippen LogP contribution in [0, 0.1) is 0 Å². The number of rotatable bonds is 8. The molecular formula is C27H19F3N4O3S2. The van der Waals surface area contributed by atoms with Crippen LogP contribution in [0.15, 0.2) is 113 Å². The zero-order chi connectivity index (χ0) is 27.4. The third kappa shape index (κ3) is 6.59. The van der Waals surface area contributed by atoms with E-state index in [1.807, 2.05) is 24.3 Å². The molecule has 0 saturated carbocycles. The maximum Gasteiger partial charge on any atom is 0.573 e. The van der Waals surface area contributed by atoms with Gasteiger partial charge in [0.1, 0.15) is 17.8 Å². The second kappa shape index (κ2) is 11.2. The molecule has 12 heteroatoms. The summed E-state index contributed by atoms with van der Waals surface area (Å²) in [6.45, 7) is 0. The summed E-state index contributed by atoms with van der Waals surface area (Å²) in [6.07, 6.45) is -3.29. The average Bonchev–Trinajstić information content (AvgIpc) is 3.41. The molecule has 0 N–H and O–H groups in total. The Balaban J connectivity index is 1.37. The molecule has 7 nitrogen and oxygen atoms in total. The molecule has 0 spiro atoms. The van der Waals surface area contributed by atoms with Crippen molar-refractivity contribution in [3.63, 3.8) is 0 Å². The van der Waals surface area contributed by atoms with Gasteiger partial charge in [0.2, 0.25) is 0 Å². The number of alkyl halides is 3. The molecule has 5 aromatic rings. The van der Waals surface area contributed by atoms with Crippen LogP contribution < -0.4 is 19.6 Å². The maximum absolute atomic E-state index is 12.4. The smallest absolute Gasteiger partial charge is 0.406 e. The number of aromatic nitrogens is 3. The van der Waals surface area contributed by atoms with Gasteiger partial charge in [-0.05, 0) is 78.0 Å². The largest absolute Gasteiger partial charge is 0.573 e. The number of para-hydroxylation sites is 2. The van der Waals surface area contributed by atoms with Crippen LogP contribution in [0.5, 0.6) is 17.2 Å². The van der Waals surface area contributed by atoms with E-state index < -0.39 is 6.36 Å². The minimum Gasteiger partial charge on any atom is -0.406 e. The van der Waals surface area contributed by atoms with Crippen LogP contribution in [0.1, 0.15) is 0 Å². The molecule has 1 aromatic heterocycles. The predicted octanol–water partition coefficient (Wildman–Crippen LogP) is 7.20. The van der Waals surface area contributed by atoms with Crippen molar-refractivity contribution in [2.75, 3.05) is 5.23 Å². The van der Waals surface area contributed by atoms with Gasteiger partial charge in [0.25, 0.3) is 0 Å². The van der Waals surface area contributed by atoms with Gasteiger partial charge in [-0.3, -0.25) is 0 Å². The Morgan fingerprint density at radius 2 is 1.28 bits per heavy atom. The first-order chi connectivity index (χ1) is 18.7. The molecule has 0 aliphatic heterocycles. The van der Waals surface area contributed by atoms with Gasteiger partial charge in [-0.25, -0.2) is 9.67 Å². The highest BCUT2D eigenvalue weighted by atomic mass is 32.1. The van der Waals surface area contributed by atoms with E-state index in [1.165, 1.54) is 40.5 Å². The van der Waals surface area contributed by atoms with E-state index in [0.29, 0.717) is 44.1 Å².